The van der Waals surface area contributed by atoms with Crippen LogP contribution in [-0.4, -0.2) is 21.0 Å². The van der Waals surface area contributed by atoms with Gasteiger partial charge in [-0.15, -0.1) is 0 Å². The highest BCUT2D eigenvalue weighted by Gasteiger charge is 2.35. The van der Waals surface area contributed by atoms with Crippen LogP contribution in [0.5, 0.6) is 0 Å². The molecule has 3 rings (SSSR count). The maximum absolute atomic E-state index is 12.6. The van der Waals surface area contributed by atoms with Gasteiger partial charge in [0.15, 0.2) is 0 Å². The van der Waals surface area contributed by atoms with Crippen LogP contribution < -0.4 is 0 Å². The van der Waals surface area contributed by atoms with Gasteiger partial charge in [0.05, 0.1) is 20.8 Å². The lowest BCUT2D eigenvalue weighted by atomic mass is 10.1. The van der Waals surface area contributed by atoms with E-state index in [9.17, 15) is 19.7 Å². The Morgan fingerprint density at radius 1 is 1.23 bits per heavy atom. The summed E-state index contributed by atoms with van der Waals surface area (Å²) in [6.07, 6.45) is 1.50. The molecule has 2 aromatic rings. The van der Waals surface area contributed by atoms with Crippen LogP contribution in [0, 0.1) is 17.0 Å². The molecule has 0 radical (unpaired) electrons. The Kier molecular flexibility index (Phi) is 5.24. The molecule has 1 aliphatic rings. The summed E-state index contributed by atoms with van der Waals surface area (Å²) in [5, 5.41) is 10.7. The van der Waals surface area contributed by atoms with Crippen LogP contribution in [0.1, 0.15) is 16.7 Å². The molecule has 8 heteroatoms. The second kappa shape index (κ2) is 7.43. The van der Waals surface area contributed by atoms with Gasteiger partial charge in [-0.1, -0.05) is 30.3 Å². The van der Waals surface area contributed by atoms with Gasteiger partial charge >= 0.3 is 0 Å². The zero-order valence-corrected chi connectivity index (χ0v) is 16.0. The molecule has 132 valence electrons. The highest BCUT2D eigenvalue weighted by atomic mass is 79.9. The number of aryl methyl sites for hydroxylation is 1. The van der Waals surface area contributed by atoms with E-state index >= 15 is 0 Å². The second-order valence-electron chi connectivity index (χ2n) is 5.66. The normalized spacial score (nSPS) is 15.8. The number of amides is 2. The van der Waals surface area contributed by atoms with E-state index in [2.05, 4.69) is 15.9 Å². The summed E-state index contributed by atoms with van der Waals surface area (Å²) in [4.78, 5) is 36.8. The zero-order chi connectivity index (χ0) is 18.8. The number of benzene rings is 2. The molecule has 0 spiro atoms. The fourth-order valence-corrected chi connectivity index (χ4v) is 3.73. The van der Waals surface area contributed by atoms with Crippen LogP contribution >= 0.6 is 27.7 Å². The fraction of sp³-hybridized carbons (Fsp3) is 0.111. The summed E-state index contributed by atoms with van der Waals surface area (Å²) in [5.41, 5.74) is 2.29. The number of carbonyl (C=O) groups excluding carboxylic acids is 2. The topological polar surface area (TPSA) is 80.5 Å². The number of rotatable bonds is 4. The summed E-state index contributed by atoms with van der Waals surface area (Å²) < 4.78 is 0.354. The molecular weight excluding hydrogens is 420 g/mol. The highest BCUT2D eigenvalue weighted by Crippen LogP contribution is 2.34. The van der Waals surface area contributed by atoms with Crippen molar-refractivity contribution < 1.29 is 14.5 Å². The smallest absolute Gasteiger partial charge is 0.268 e. The predicted octanol–water partition coefficient (Wildman–Crippen LogP) is 4.90. The largest absolute Gasteiger partial charge is 0.293 e. The third-order valence-corrected chi connectivity index (χ3v) is 5.51. The molecule has 1 heterocycles. The Bertz CT molecular complexity index is 958. The van der Waals surface area contributed by atoms with Crippen molar-refractivity contribution in [2.45, 2.75) is 13.5 Å². The molecule has 1 fully saturated rings. The maximum atomic E-state index is 12.6. The maximum Gasteiger partial charge on any atom is 0.293 e. The Labute approximate surface area is 162 Å². The molecule has 6 nitrogen and oxygen atoms in total. The van der Waals surface area contributed by atoms with Crippen LogP contribution in [-0.2, 0) is 11.3 Å². The Hall–Kier alpha value is -2.45. The molecule has 0 saturated carbocycles. The van der Waals surface area contributed by atoms with E-state index in [0.717, 1.165) is 22.9 Å². The molecule has 0 unspecified atom stereocenters. The number of halogens is 1. The Balaban J connectivity index is 1.87. The molecule has 1 saturated heterocycles. The number of hydrogen-bond acceptors (Lipinski definition) is 5. The first-order valence-corrected chi connectivity index (χ1v) is 9.21. The van der Waals surface area contributed by atoms with E-state index in [4.69, 9.17) is 0 Å². The van der Waals surface area contributed by atoms with Crippen LogP contribution in [0.25, 0.3) is 6.08 Å². The summed E-state index contributed by atoms with van der Waals surface area (Å²) in [7, 11) is 0. The van der Waals surface area contributed by atoms with E-state index < -0.39 is 10.8 Å². The van der Waals surface area contributed by atoms with Crippen molar-refractivity contribution in [2.24, 2.45) is 0 Å². The summed E-state index contributed by atoms with van der Waals surface area (Å²) in [6, 6.07) is 12.1. The van der Waals surface area contributed by atoms with Gasteiger partial charge in [0.1, 0.15) is 0 Å². The van der Waals surface area contributed by atoms with Crippen LogP contribution in [0.3, 0.4) is 0 Å². The van der Waals surface area contributed by atoms with Crippen LogP contribution in [0.15, 0.2) is 51.8 Å². The molecule has 2 aromatic carbocycles. The SMILES string of the molecule is Cc1ccccc1CN1C(=O)S/C(=C\c2ccc(Br)c([N+](=O)[O-])c2)C1=O. The summed E-state index contributed by atoms with van der Waals surface area (Å²) in [6.45, 7) is 2.13. The third kappa shape index (κ3) is 3.71. The molecular formula is C18H13BrN2O4S. The minimum atomic E-state index is -0.509. The highest BCUT2D eigenvalue weighted by molar-refractivity contribution is 9.10. The first kappa shape index (κ1) is 18.3. The number of thioether (sulfide) groups is 1. The lowest BCUT2D eigenvalue weighted by Crippen LogP contribution is -2.27. The van der Waals surface area contributed by atoms with Gasteiger partial charge in [-0.3, -0.25) is 24.6 Å². The van der Waals surface area contributed by atoms with Crippen molar-refractivity contribution in [3.63, 3.8) is 0 Å². The molecule has 0 N–H and O–H groups in total. The van der Waals surface area contributed by atoms with Crippen molar-refractivity contribution in [3.05, 3.63) is 78.6 Å². The number of nitro groups is 1. The standard InChI is InChI=1S/C18H13BrN2O4S/c1-11-4-2-3-5-13(11)10-20-17(22)16(26-18(20)23)9-12-6-7-14(19)15(8-12)21(24)25/h2-9H,10H2,1H3/b16-9-. The lowest BCUT2D eigenvalue weighted by molar-refractivity contribution is -0.385. The van der Waals surface area contributed by atoms with Gasteiger partial charge in [-0.25, -0.2) is 0 Å². The van der Waals surface area contributed by atoms with E-state index in [1.165, 1.54) is 17.0 Å². The minimum absolute atomic E-state index is 0.0992. The van der Waals surface area contributed by atoms with Gasteiger partial charge < -0.3 is 0 Å². The Morgan fingerprint density at radius 3 is 2.65 bits per heavy atom. The molecule has 1 aliphatic heterocycles. The van der Waals surface area contributed by atoms with E-state index in [0.29, 0.717) is 10.0 Å². The minimum Gasteiger partial charge on any atom is -0.268 e. The average Bonchev–Trinajstić information content (AvgIpc) is 2.85. The number of nitro benzene ring substituents is 1. The van der Waals surface area contributed by atoms with Crippen molar-refractivity contribution in [2.75, 3.05) is 0 Å². The molecule has 0 aliphatic carbocycles. The van der Waals surface area contributed by atoms with E-state index in [1.54, 1.807) is 12.1 Å². The molecule has 0 aromatic heterocycles. The van der Waals surface area contributed by atoms with Gasteiger partial charge in [-0.05, 0) is 63.4 Å². The van der Waals surface area contributed by atoms with Crippen molar-refractivity contribution in [1.29, 1.82) is 0 Å². The van der Waals surface area contributed by atoms with Crippen molar-refractivity contribution in [3.8, 4) is 0 Å². The molecule has 2 amide bonds. The molecule has 26 heavy (non-hydrogen) atoms. The van der Waals surface area contributed by atoms with Gasteiger partial charge in [0, 0.05) is 6.07 Å². The van der Waals surface area contributed by atoms with Crippen molar-refractivity contribution in [1.82, 2.24) is 4.90 Å². The first-order valence-electron chi connectivity index (χ1n) is 7.60. The van der Waals surface area contributed by atoms with Gasteiger partial charge in [-0.2, -0.15) is 0 Å². The van der Waals surface area contributed by atoms with E-state index in [1.807, 2.05) is 31.2 Å². The number of imide groups is 1. The number of carbonyl (C=O) groups is 2. The average molecular weight is 433 g/mol. The number of hydrogen-bond donors (Lipinski definition) is 0. The van der Waals surface area contributed by atoms with Gasteiger partial charge in [0.2, 0.25) is 0 Å². The quantitative estimate of drug-likeness (QED) is 0.389. The number of nitrogens with zero attached hydrogens (tertiary/aromatic N) is 2. The Morgan fingerprint density at radius 2 is 1.96 bits per heavy atom. The van der Waals surface area contributed by atoms with Gasteiger partial charge in [0.25, 0.3) is 16.8 Å². The monoisotopic (exact) mass is 432 g/mol. The predicted molar refractivity (Wildman–Crippen MR) is 103 cm³/mol. The van der Waals surface area contributed by atoms with E-state index in [-0.39, 0.29) is 22.4 Å². The third-order valence-electron chi connectivity index (χ3n) is 3.93. The van der Waals surface area contributed by atoms with Crippen molar-refractivity contribution >= 4 is 50.6 Å². The molecule has 0 bridgehead atoms. The first-order chi connectivity index (χ1) is 12.4. The summed E-state index contributed by atoms with van der Waals surface area (Å²) in [5.74, 6) is -0.395. The van der Waals surface area contributed by atoms with Crippen LogP contribution in [0.4, 0.5) is 10.5 Å². The summed E-state index contributed by atoms with van der Waals surface area (Å²) >= 11 is 3.96. The zero-order valence-electron chi connectivity index (χ0n) is 13.6. The second-order valence-corrected chi connectivity index (χ2v) is 7.51. The molecule has 0 atom stereocenters. The lowest BCUT2D eigenvalue weighted by Gasteiger charge is -2.14. The fourth-order valence-electron chi connectivity index (χ4n) is 2.50. The van der Waals surface area contributed by atoms with Crippen LogP contribution in [0.2, 0.25) is 0 Å².